The van der Waals surface area contributed by atoms with Crippen LogP contribution in [0.15, 0.2) is 0 Å². The minimum absolute atomic E-state index is 0.290. The predicted octanol–water partition coefficient (Wildman–Crippen LogP) is 2.16. The highest BCUT2D eigenvalue weighted by Gasteiger charge is 2.62. The Labute approximate surface area is 80.5 Å². The number of hydrogen-bond acceptors (Lipinski definition) is 2. The van der Waals surface area contributed by atoms with Gasteiger partial charge in [0.15, 0.2) is 0 Å². The molecule has 2 nitrogen and oxygen atoms in total. The van der Waals surface area contributed by atoms with E-state index < -0.39 is 0 Å². The van der Waals surface area contributed by atoms with Gasteiger partial charge < -0.3 is 0 Å². The number of likely N-dealkylation sites (tertiary alicyclic amines) is 1. The molecule has 0 N–H and O–H groups in total. The summed E-state index contributed by atoms with van der Waals surface area (Å²) in [5, 5.41) is 8.74. The second-order valence-electron chi connectivity index (χ2n) is 5.53. The third kappa shape index (κ3) is 1.26. The van der Waals surface area contributed by atoms with Gasteiger partial charge in [-0.1, -0.05) is 0 Å². The number of fused-ring (bicyclic) bond motifs is 1. The van der Waals surface area contributed by atoms with Crippen molar-refractivity contribution in [3.05, 3.63) is 0 Å². The number of nitrogens with zero attached hydrogens (tertiary/aromatic N) is 2. The normalized spacial score (nSPS) is 38.5. The molecule has 1 saturated carbocycles. The van der Waals surface area contributed by atoms with E-state index in [0.717, 1.165) is 6.42 Å². The molecule has 0 aromatic carbocycles. The van der Waals surface area contributed by atoms with Crippen molar-refractivity contribution >= 4 is 0 Å². The molecule has 0 radical (unpaired) electrons. The van der Waals surface area contributed by atoms with E-state index in [1.165, 1.54) is 19.4 Å². The van der Waals surface area contributed by atoms with E-state index in [4.69, 9.17) is 5.26 Å². The Hall–Kier alpha value is -0.550. The minimum Gasteiger partial charge on any atom is -0.295 e. The van der Waals surface area contributed by atoms with E-state index in [2.05, 4.69) is 31.7 Å². The lowest BCUT2D eigenvalue weighted by Crippen LogP contribution is -2.41. The van der Waals surface area contributed by atoms with E-state index in [1.54, 1.807) is 0 Å². The molecule has 0 unspecified atom stereocenters. The molecule has 1 aliphatic heterocycles. The third-order valence-corrected chi connectivity index (χ3v) is 3.67. The molecule has 0 aromatic rings. The van der Waals surface area contributed by atoms with E-state index >= 15 is 0 Å². The van der Waals surface area contributed by atoms with Crippen molar-refractivity contribution < 1.29 is 0 Å². The third-order valence-electron chi connectivity index (χ3n) is 3.67. The van der Waals surface area contributed by atoms with Crippen LogP contribution >= 0.6 is 0 Å². The van der Waals surface area contributed by atoms with E-state index in [1.807, 2.05) is 0 Å². The average Bonchev–Trinajstić information content (AvgIpc) is 2.54. The van der Waals surface area contributed by atoms with Gasteiger partial charge in [0.2, 0.25) is 0 Å². The zero-order valence-corrected chi connectivity index (χ0v) is 8.80. The maximum atomic E-state index is 8.74. The summed E-state index contributed by atoms with van der Waals surface area (Å²) in [7, 11) is 0. The first-order valence-electron chi connectivity index (χ1n) is 5.13. The van der Waals surface area contributed by atoms with Gasteiger partial charge >= 0.3 is 0 Å². The summed E-state index contributed by atoms with van der Waals surface area (Å²) in [5.41, 5.74) is 0.695. The molecule has 0 spiro atoms. The SMILES string of the molecule is CC(C)(C)N1CC[C@@]2(CC#N)C[C@@H]12. The molecule has 2 rings (SSSR count). The number of nitriles is 1. The van der Waals surface area contributed by atoms with Crippen molar-refractivity contribution in [1.29, 1.82) is 5.26 Å². The first-order chi connectivity index (χ1) is 5.99. The largest absolute Gasteiger partial charge is 0.295 e. The van der Waals surface area contributed by atoms with Gasteiger partial charge in [-0.3, -0.25) is 4.90 Å². The zero-order valence-electron chi connectivity index (χ0n) is 8.80. The van der Waals surface area contributed by atoms with Gasteiger partial charge in [-0.15, -0.1) is 0 Å². The van der Waals surface area contributed by atoms with Gasteiger partial charge in [0, 0.05) is 23.4 Å². The summed E-state index contributed by atoms with van der Waals surface area (Å²) >= 11 is 0. The van der Waals surface area contributed by atoms with E-state index in [-0.39, 0.29) is 0 Å². The van der Waals surface area contributed by atoms with Crippen molar-refractivity contribution in [3.8, 4) is 6.07 Å². The lowest BCUT2D eigenvalue weighted by molar-refractivity contribution is 0.149. The molecule has 0 aromatic heterocycles. The standard InChI is InChI=1S/C11H18N2/c1-10(2,3)13-7-5-11(4-6-12)8-9(11)13/h9H,4-5,7-8H2,1-3H3/t9-,11+/m1/s1. The second kappa shape index (κ2) is 2.48. The van der Waals surface area contributed by atoms with Crippen LogP contribution in [-0.4, -0.2) is 23.0 Å². The molecule has 1 saturated heterocycles. The fraction of sp³-hybridized carbons (Fsp3) is 0.909. The molecular formula is C11H18N2. The highest BCUT2D eigenvalue weighted by molar-refractivity contribution is 5.18. The number of rotatable bonds is 1. The maximum absolute atomic E-state index is 8.74. The smallest absolute Gasteiger partial charge is 0.0628 e. The van der Waals surface area contributed by atoms with Crippen LogP contribution in [0.4, 0.5) is 0 Å². The second-order valence-corrected chi connectivity index (χ2v) is 5.53. The molecule has 0 bridgehead atoms. The lowest BCUT2D eigenvalue weighted by Gasteiger charge is -2.33. The molecular weight excluding hydrogens is 160 g/mol. The summed E-state index contributed by atoms with van der Waals surface area (Å²) in [6, 6.07) is 3.05. The monoisotopic (exact) mass is 178 g/mol. The highest BCUT2D eigenvalue weighted by atomic mass is 15.3. The molecule has 2 heteroatoms. The van der Waals surface area contributed by atoms with Crippen LogP contribution in [0.5, 0.6) is 0 Å². The molecule has 72 valence electrons. The maximum Gasteiger partial charge on any atom is 0.0628 e. The van der Waals surface area contributed by atoms with Gasteiger partial charge in [0.25, 0.3) is 0 Å². The Morgan fingerprint density at radius 1 is 1.54 bits per heavy atom. The first kappa shape index (κ1) is 9.02. The van der Waals surface area contributed by atoms with Crippen molar-refractivity contribution in [3.63, 3.8) is 0 Å². The molecule has 1 aliphatic carbocycles. The molecule has 2 aliphatic rings. The van der Waals surface area contributed by atoms with Crippen LogP contribution in [-0.2, 0) is 0 Å². The Morgan fingerprint density at radius 3 is 2.62 bits per heavy atom. The van der Waals surface area contributed by atoms with E-state index in [0.29, 0.717) is 17.0 Å². The fourth-order valence-electron chi connectivity index (χ4n) is 2.77. The van der Waals surface area contributed by atoms with Crippen LogP contribution in [0.2, 0.25) is 0 Å². The molecule has 2 fully saturated rings. The van der Waals surface area contributed by atoms with Crippen LogP contribution in [0.1, 0.15) is 40.0 Å². The Balaban J connectivity index is 2.06. The topological polar surface area (TPSA) is 27.0 Å². The fourth-order valence-corrected chi connectivity index (χ4v) is 2.77. The van der Waals surface area contributed by atoms with Crippen molar-refractivity contribution in [2.75, 3.05) is 6.54 Å². The summed E-state index contributed by atoms with van der Waals surface area (Å²) < 4.78 is 0. The molecule has 13 heavy (non-hydrogen) atoms. The predicted molar refractivity (Wildman–Crippen MR) is 52.1 cm³/mol. The summed E-state index contributed by atoms with van der Waals surface area (Å²) in [6.45, 7) is 8.01. The van der Waals surface area contributed by atoms with E-state index in [9.17, 15) is 0 Å². The minimum atomic E-state index is 0.290. The van der Waals surface area contributed by atoms with Gasteiger partial charge in [-0.2, -0.15) is 5.26 Å². The average molecular weight is 178 g/mol. The highest BCUT2D eigenvalue weighted by Crippen LogP contribution is 2.60. The van der Waals surface area contributed by atoms with Crippen LogP contribution in [0.25, 0.3) is 0 Å². The van der Waals surface area contributed by atoms with Crippen LogP contribution in [0, 0.1) is 16.7 Å². The summed E-state index contributed by atoms with van der Waals surface area (Å²) in [6.07, 6.45) is 3.27. The molecule has 0 amide bonds. The molecule has 1 heterocycles. The lowest BCUT2D eigenvalue weighted by atomic mass is 10.0. The zero-order chi connectivity index (χ0) is 9.69. The van der Waals surface area contributed by atoms with Crippen LogP contribution < -0.4 is 0 Å². The number of hydrogen-bond donors (Lipinski definition) is 0. The van der Waals surface area contributed by atoms with Gasteiger partial charge in [-0.25, -0.2) is 0 Å². The van der Waals surface area contributed by atoms with Gasteiger partial charge in [0.1, 0.15) is 0 Å². The quantitative estimate of drug-likeness (QED) is 0.615. The summed E-state index contributed by atoms with van der Waals surface area (Å²) in [5.74, 6) is 0. The Kier molecular flexibility index (Phi) is 1.72. The first-order valence-corrected chi connectivity index (χ1v) is 5.13. The molecule has 2 atom stereocenters. The van der Waals surface area contributed by atoms with Crippen molar-refractivity contribution in [2.45, 2.75) is 51.6 Å². The number of piperidine rings is 1. The van der Waals surface area contributed by atoms with Gasteiger partial charge in [-0.05, 0) is 40.2 Å². The Morgan fingerprint density at radius 2 is 2.23 bits per heavy atom. The van der Waals surface area contributed by atoms with Crippen LogP contribution in [0.3, 0.4) is 0 Å². The Bertz CT molecular complexity index is 258. The van der Waals surface area contributed by atoms with Crippen molar-refractivity contribution in [2.24, 2.45) is 5.41 Å². The van der Waals surface area contributed by atoms with Gasteiger partial charge in [0.05, 0.1) is 6.07 Å². The van der Waals surface area contributed by atoms with Crippen molar-refractivity contribution in [1.82, 2.24) is 4.90 Å². The summed E-state index contributed by atoms with van der Waals surface area (Å²) in [4.78, 5) is 2.57.